The number of nitrogens with two attached hydrogens (primary N) is 1. The van der Waals surface area contributed by atoms with Crippen molar-refractivity contribution in [3.63, 3.8) is 0 Å². The molecule has 3 rings (SSSR count). The molecule has 0 aromatic carbocycles. The molecule has 8 heteroatoms. The van der Waals surface area contributed by atoms with Crippen molar-refractivity contribution in [2.75, 3.05) is 31.1 Å². The van der Waals surface area contributed by atoms with Crippen LogP contribution in [0, 0.1) is 18.5 Å². The number of amides is 1. The van der Waals surface area contributed by atoms with Gasteiger partial charge in [-0.3, -0.25) is 9.69 Å². The van der Waals surface area contributed by atoms with Crippen LogP contribution in [0.4, 0.5) is 5.95 Å². The molecule has 132 valence electrons. The molecule has 0 unspecified atom stereocenters. The number of anilines is 1. The summed E-state index contributed by atoms with van der Waals surface area (Å²) < 4.78 is 2.50. The van der Waals surface area contributed by atoms with Crippen LogP contribution in [0.15, 0.2) is 24.5 Å². The highest BCUT2D eigenvalue weighted by atomic mass is 32.1. The Hall–Kier alpha value is -2.32. The van der Waals surface area contributed by atoms with Crippen LogP contribution in [0.1, 0.15) is 21.6 Å². The second-order valence-corrected chi connectivity index (χ2v) is 6.62. The summed E-state index contributed by atoms with van der Waals surface area (Å²) in [7, 11) is 0. The Morgan fingerprint density at radius 2 is 1.84 bits per heavy atom. The van der Waals surface area contributed by atoms with Gasteiger partial charge in [0.25, 0.3) is 5.91 Å². The van der Waals surface area contributed by atoms with Crippen molar-refractivity contribution in [1.82, 2.24) is 19.4 Å². The Kier molecular flexibility index (Phi) is 5.10. The average molecular weight is 358 g/mol. The summed E-state index contributed by atoms with van der Waals surface area (Å²) in [4.78, 5) is 24.8. The van der Waals surface area contributed by atoms with Gasteiger partial charge in [-0.2, -0.15) is 0 Å². The van der Waals surface area contributed by atoms with Crippen LogP contribution in [0.25, 0.3) is 0 Å². The number of aromatic nitrogens is 3. The second kappa shape index (κ2) is 7.28. The highest BCUT2D eigenvalue weighted by molar-refractivity contribution is 7.71. The predicted molar refractivity (Wildman–Crippen MR) is 99.1 cm³/mol. The van der Waals surface area contributed by atoms with E-state index in [9.17, 15) is 4.79 Å². The minimum atomic E-state index is -0.470. The first-order valence-corrected chi connectivity index (χ1v) is 8.63. The molecule has 2 aromatic rings. The lowest BCUT2D eigenvalue weighted by Crippen LogP contribution is -2.47. The largest absolute Gasteiger partial charge is 0.365 e. The molecule has 1 fully saturated rings. The van der Waals surface area contributed by atoms with Crippen LogP contribution in [-0.2, 0) is 6.67 Å². The molecule has 0 radical (unpaired) electrons. The fourth-order valence-electron chi connectivity index (χ4n) is 3.15. The van der Waals surface area contributed by atoms with Crippen LogP contribution in [0.2, 0.25) is 0 Å². The first-order chi connectivity index (χ1) is 12.0. The van der Waals surface area contributed by atoms with Crippen molar-refractivity contribution < 1.29 is 4.79 Å². The Balaban J connectivity index is 1.73. The number of aryl methyl sites for hydroxylation is 2. The molecule has 0 atom stereocenters. The van der Waals surface area contributed by atoms with Crippen molar-refractivity contribution in [3.05, 3.63) is 46.0 Å². The van der Waals surface area contributed by atoms with Gasteiger partial charge in [0.1, 0.15) is 4.64 Å². The molecule has 0 aliphatic carbocycles. The third kappa shape index (κ3) is 3.69. The normalized spacial score (nSPS) is 15.4. The van der Waals surface area contributed by atoms with Crippen LogP contribution in [0.3, 0.4) is 0 Å². The van der Waals surface area contributed by atoms with Crippen molar-refractivity contribution in [2.45, 2.75) is 20.5 Å². The van der Waals surface area contributed by atoms with E-state index in [4.69, 9.17) is 18.0 Å². The molecular weight excluding hydrogens is 336 g/mol. The molecule has 25 heavy (non-hydrogen) atoms. The number of pyridine rings is 1. The summed E-state index contributed by atoms with van der Waals surface area (Å²) in [5, 5.41) is 0. The number of primary amides is 1. The SMILES string of the molecule is Cc1cc(C)n(CN2CCN(c3ncccn3)CC2)c(=S)c1C(N)=O. The predicted octanol–water partition coefficient (Wildman–Crippen LogP) is 1.50. The van der Waals surface area contributed by atoms with Gasteiger partial charge in [-0.1, -0.05) is 12.2 Å². The maximum absolute atomic E-state index is 11.7. The van der Waals surface area contributed by atoms with Crippen LogP contribution in [-0.4, -0.2) is 51.5 Å². The average Bonchev–Trinajstić information content (AvgIpc) is 2.59. The number of piperazine rings is 1. The summed E-state index contributed by atoms with van der Waals surface area (Å²) in [5.74, 6) is 0.295. The quantitative estimate of drug-likeness (QED) is 0.835. The molecule has 2 N–H and O–H groups in total. The van der Waals surface area contributed by atoms with Crippen molar-refractivity contribution in [2.24, 2.45) is 5.73 Å². The molecule has 0 spiro atoms. The lowest BCUT2D eigenvalue weighted by Gasteiger charge is -2.35. The molecule has 7 nitrogen and oxygen atoms in total. The monoisotopic (exact) mass is 358 g/mol. The minimum Gasteiger partial charge on any atom is -0.365 e. The van der Waals surface area contributed by atoms with Gasteiger partial charge in [0.2, 0.25) is 5.95 Å². The summed E-state index contributed by atoms with van der Waals surface area (Å²) in [6, 6.07) is 3.78. The van der Waals surface area contributed by atoms with E-state index < -0.39 is 5.91 Å². The Labute approximate surface area is 152 Å². The third-order valence-electron chi connectivity index (χ3n) is 4.50. The molecule has 1 aliphatic heterocycles. The maximum atomic E-state index is 11.7. The minimum absolute atomic E-state index is 0.442. The fourth-order valence-corrected chi connectivity index (χ4v) is 3.61. The standard InChI is InChI=1S/C17H22N6OS/c1-12-10-13(2)23(16(25)14(12)15(18)24)11-21-6-8-22(9-7-21)17-19-4-3-5-20-17/h3-5,10H,6-9,11H2,1-2H3,(H2,18,24). The lowest BCUT2D eigenvalue weighted by molar-refractivity contribution is 0.0997. The van der Waals surface area contributed by atoms with Gasteiger partial charge >= 0.3 is 0 Å². The van der Waals surface area contributed by atoms with Gasteiger partial charge in [0.05, 0.1) is 12.2 Å². The van der Waals surface area contributed by atoms with Gasteiger partial charge in [-0.15, -0.1) is 0 Å². The first kappa shape index (κ1) is 17.5. The Morgan fingerprint density at radius 1 is 1.20 bits per heavy atom. The van der Waals surface area contributed by atoms with E-state index >= 15 is 0 Å². The van der Waals surface area contributed by atoms with E-state index in [1.54, 1.807) is 12.4 Å². The first-order valence-electron chi connectivity index (χ1n) is 8.22. The zero-order chi connectivity index (χ0) is 18.0. The zero-order valence-electron chi connectivity index (χ0n) is 14.5. The third-order valence-corrected chi connectivity index (χ3v) is 4.92. The zero-order valence-corrected chi connectivity index (χ0v) is 15.3. The van der Waals surface area contributed by atoms with Crippen LogP contribution >= 0.6 is 12.2 Å². The Bertz CT molecular complexity index is 827. The van der Waals surface area contributed by atoms with E-state index in [0.29, 0.717) is 16.9 Å². The van der Waals surface area contributed by atoms with E-state index in [0.717, 1.165) is 43.4 Å². The number of hydrogen-bond acceptors (Lipinski definition) is 6. The number of carbonyl (C=O) groups excluding carboxylic acids is 1. The van der Waals surface area contributed by atoms with E-state index in [1.165, 1.54) is 0 Å². The number of rotatable bonds is 4. The topological polar surface area (TPSA) is 80.3 Å². The van der Waals surface area contributed by atoms with Gasteiger partial charge in [0, 0.05) is 44.3 Å². The summed E-state index contributed by atoms with van der Waals surface area (Å²) in [6.07, 6.45) is 3.52. The lowest BCUT2D eigenvalue weighted by atomic mass is 10.1. The highest BCUT2D eigenvalue weighted by Crippen LogP contribution is 2.16. The van der Waals surface area contributed by atoms with Gasteiger partial charge in [0.15, 0.2) is 0 Å². The molecule has 1 aliphatic rings. The summed E-state index contributed by atoms with van der Waals surface area (Å²) >= 11 is 5.52. The van der Waals surface area contributed by atoms with Gasteiger partial charge in [-0.25, -0.2) is 9.97 Å². The fraction of sp³-hybridized carbons (Fsp3) is 0.412. The number of carbonyl (C=O) groups is 1. The second-order valence-electron chi connectivity index (χ2n) is 6.24. The molecule has 3 heterocycles. The highest BCUT2D eigenvalue weighted by Gasteiger charge is 2.20. The van der Waals surface area contributed by atoms with Crippen molar-refractivity contribution in [3.8, 4) is 0 Å². The molecule has 1 amide bonds. The number of nitrogens with zero attached hydrogens (tertiary/aromatic N) is 5. The van der Waals surface area contributed by atoms with Crippen molar-refractivity contribution in [1.29, 1.82) is 0 Å². The van der Waals surface area contributed by atoms with E-state index in [1.807, 2.05) is 30.5 Å². The van der Waals surface area contributed by atoms with Gasteiger partial charge < -0.3 is 15.2 Å². The molecule has 0 saturated carbocycles. The molecular formula is C17H22N6OS. The van der Waals surface area contributed by atoms with E-state index in [-0.39, 0.29) is 0 Å². The van der Waals surface area contributed by atoms with Crippen LogP contribution in [0.5, 0.6) is 0 Å². The molecule has 0 bridgehead atoms. The Morgan fingerprint density at radius 3 is 2.44 bits per heavy atom. The van der Waals surface area contributed by atoms with Crippen LogP contribution < -0.4 is 10.6 Å². The smallest absolute Gasteiger partial charge is 0.251 e. The van der Waals surface area contributed by atoms with Crippen molar-refractivity contribution >= 4 is 24.1 Å². The summed E-state index contributed by atoms with van der Waals surface area (Å²) in [5.41, 5.74) is 7.80. The summed E-state index contributed by atoms with van der Waals surface area (Å²) in [6.45, 7) is 7.97. The van der Waals surface area contributed by atoms with E-state index in [2.05, 4.69) is 19.8 Å². The van der Waals surface area contributed by atoms with Gasteiger partial charge in [-0.05, 0) is 31.5 Å². The number of hydrogen-bond donors (Lipinski definition) is 1. The maximum Gasteiger partial charge on any atom is 0.251 e. The molecule has 1 saturated heterocycles. The molecule has 2 aromatic heterocycles.